The zero-order valence-electron chi connectivity index (χ0n) is 12.4. The molecule has 0 saturated carbocycles. The van der Waals surface area contributed by atoms with Crippen molar-refractivity contribution < 1.29 is 4.79 Å². The number of rotatable bonds is 0. The molecule has 0 radical (unpaired) electrons. The average molecular weight is 566 g/mol. The van der Waals surface area contributed by atoms with E-state index in [4.69, 9.17) is 0 Å². The van der Waals surface area contributed by atoms with Gasteiger partial charge in [-0.3, -0.25) is 4.79 Å². The molecule has 4 saturated heterocycles. The summed E-state index contributed by atoms with van der Waals surface area (Å²) in [5, 5.41) is 3.19. The number of carbonyl (C=O) groups excluding carboxylic acids is 1. The molecule has 5 heteroatoms. The molecule has 5 aliphatic rings. The zero-order valence-corrected chi connectivity index (χ0v) is 18.3. The number of ketones is 1. The van der Waals surface area contributed by atoms with Gasteiger partial charge in [-0.25, -0.2) is 0 Å². The van der Waals surface area contributed by atoms with E-state index in [1.807, 2.05) is 0 Å². The first-order valence-electron chi connectivity index (χ1n) is 8.46. The lowest BCUT2D eigenvalue weighted by molar-refractivity contribution is 0.0729. The van der Waals surface area contributed by atoms with E-state index in [0.29, 0.717) is 22.9 Å². The number of hydrogen-bond donors (Lipinski definition) is 0. The van der Waals surface area contributed by atoms with E-state index >= 15 is 0 Å². The first kappa shape index (κ1) is 15.1. The normalized spacial score (nSPS) is 48.5. The number of carbonyl (C=O) groups is 1. The fourth-order valence-electron chi connectivity index (χ4n) is 6.17. The minimum atomic E-state index is 0.327. The quantitative estimate of drug-likeness (QED) is 0.418. The fraction of sp³-hybridized carbons (Fsp3) is 0.611. The van der Waals surface area contributed by atoms with Crippen molar-refractivity contribution in [2.45, 2.75) is 40.3 Å². The zero-order chi connectivity index (χ0) is 15.5. The van der Waals surface area contributed by atoms with Crippen molar-refractivity contribution in [3.8, 4) is 0 Å². The molecule has 1 aliphatic carbocycles. The van der Waals surface area contributed by atoms with Crippen LogP contribution >= 0.6 is 68.7 Å². The summed E-state index contributed by atoms with van der Waals surface area (Å²) in [6.07, 6.45) is 4.01. The van der Waals surface area contributed by atoms with Crippen molar-refractivity contribution in [1.82, 2.24) is 0 Å². The predicted molar refractivity (Wildman–Crippen MR) is 113 cm³/mol. The maximum absolute atomic E-state index is 13.4. The molecule has 8 atom stereocenters. The van der Waals surface area contributed by atoms with Crippen LogP contribution in [0.25, 0.3) is 0 Å². The van der Waals surface area contributed by atoms with Crippen molar-refractivity contribution in [3.05, 3.63) is 30.4 Å². The Balaban J connectivity index is 1.47. The molecule has 4 bridgehead atoms. The van der Waals surface area contributed by atoms with Crippen LogP contribution in [0, 0.1) is 30.8 Å². The van der Waals surface area contributed by atoms with E-state index in [1.54, 1.807) is 0 Å². The molecule has 4 aliphatic heterocycles. The first-order chi connectivity index (χ1) is 11.1. The van der Waals surface area contributed by atoms with Crippen LogP contribution in [0.2, 0.25) is 0 Å². The predicted octanol–water partition coefficient (Wildman–Crippen LogP) is 4.87. The molecule has 0 amide bonds. The summed E-state index contributed by atoms with van der Waals surface area (Å²) in [5.74, 6) is 3.21. The molecule has 0 aromatic heterocycles. The summed E-state index contributed by atoms with van der Waals surface area (Å²) in [4.78, 5) is 13.4. The van der Waals surface area contributed by atoms with E-state index in [-0.39, 0.29) is 0 Å². The smallest absolute Gasteiger partial charge is 0.167 e. The molecule has 8 unspecified atom stereocenters. The largest absolute Gasteiger partial charge is 0.294 e. The molecule has 0 N–H and O–H groups in total. The molecule has 23 heavy (non-hydrogen) atoms. The monoisotopic (exact) mass is 566 g/mol. The summed E-state index contributed by atoms with van der Waals surface area (Å²) < 4.78 is 2.52. The highest BCUT2D eigenvalue weighted by Crippen LogP contribution is 2.71. The Bertz CT molecular complexity index is 751. The van der Waals surface area contributed by atoms with Crippen molar-refractivity contribution >= 4 is 74.5 Å². The van der Waals surface area contributed by atoms with Gasteiger partial charge in [-0.2, -0.15) is 23.5 Å². The Morgan fingerprint density at radius 3 is 2.52 bits per heavy atom. The molecular formula is C18H16I2OS2. The minimum absolute atomic E-state index is 0.327. The lowest BCUT2D eigenvalue weighted by atomic mass is 9.59. The van der Waals surface area contributed by atoms with Crippen molar-refractivity contribution in [2.75, 3.05) is 0 Å². The Kier molecular flexibility index (Phi) is 3.33. The Labute approximate surface area is 172 Å². The van der Waals surface area contributed by atoms with Crippen LogP contribution in [0.4, 0.5) is 0 Å². The average Bonchev–Trinajstić information content (AvgIpc) is 3.26. The Hall–Kier alpha value is 1.05. The number of hydrogen-bond acceptors (Lipinski definition) is 3. The van der Waals surface area contributed by atoms with Gasteiger partial charge in [0.1, 0.15) is 0 Å². The highest BCUT2D eigenvalue weighted by Gasteiger charge is 2.68. The molecule has 4 fully saturated rings. The van der Waals surface area contributed by atoms with Gasteiger partial charge in [0.15, 0.2) is 5.78 Å². The maximum Gasteiger partial charge on any atom is 0.167 e. The van der Waals surface area contributed by atoms with Gasteiger partial charge in [0.25, 0.3) is 0 Å². The first-order valence-corrected chi connectivity index (χ1v) is 12.5. The van der Waals surface area contributed by atoms with Gasteiger partial charge in [0.2, 0.25) is 0 Å². The number of halogens is 2. The number of Topliss-reactive ketones (excluding diaryl/α,β-unsaturated/α-hetero) is 1. The van der Waals surface area contributed by atoms with Gasteiger partial charge in [-0.05, 0) is 99.9 Å². The van der Waals surface area contributed by atoms with Crippen LogP contribution in [-0.4, -0.2) is 26.8 Å². The van der Waals surface area contributed by atoms with Gasteiger partial charge in [0.05, 0.1) is 0 Å². The van der Waals surface area contributed by atoms with Gasteiger partial charge >= 0.3 is 0 Å². The van der Waals surface area contributed by atoms with E-state index in [9.17, 15) is 4.79 Å². The van der Waals surface area contributed by atoms with E-state index < -0.39 is 0 Å². The van der Waals surface area contributed by atoms with Crippen molar-refractivity contribution in [3.63, 3.8) is 0 Å². The molecule has 6 rings (SSSR count). The highest BCUT2D eigenvalue weighted by atomic mass is 127. The third-order valence-corrected chi connectivity index (χ3v) is 12.2. The van der Waals surface area contributed by atoms with E-state index in [2.05, 4.69) is 80.8 Å². The van der Waals surface area contributed by atoms with Crippen LogP contribution < -0.4 is 0 Å². The van der Waals surface area contributed by atoms with Crippen molar-refractivity contribution in [2.24, 2.45) is 23.7 Å². The summed E-state index contributed by atoms with van der Waals surface area (Å²) in [6, 6.07) is 4.39. The van der Waals surface area contributed by atoms with Gasteiger partial charge in [-0.15, -0.1) is 0 Å². The van der Waals surface area contributed by atoms with Crippen LogP contribution in [0.1, 0.15) is 28.8 Å². The molecule has 1 nitrogen and oxygen atoms in total. The van der Waals surface area contributed by atoms with Crippen LogP contribution in [0.3, 0.4) is 0 Å². The highest BCUT2D eigenvalue weighted by molar-refractivity contribution is 14.1. The second-order valence-corrected chi connectivity index (χ2v) is 12.9. The summed E-state index contributed by atoms with van der Waals surface area (Å²) in [7, 11) is 0. The number of fused-ring (bicyclic) bond motifs is 13. The fourth-order valence-corrected chi connectivity index (χ4v) is 12.9. The third kappa shape index (κ3) is 1.86. The van der Waals surface area contributed by atoms with Crippen LogP contribution in [0.5, 0.6) is 0 Å². The molecule has 1 aromatic carbocycles. The second kappa shape index (κ2) is 5.06. The number of thioether (sulfide) groups is 2. The van der Waals surface area contributed by atoms with Gasteiger partial charge < -0.3 is 0 Å². The Morgan fingerprint density at radius 2 is 1.74 bits per heavy atom. The van der Waals surface area contributed by atoms with E-state index in [1.165, 1.54) is 25.5 Å². The summed E-state index contributed by atoms with van der Waals surface area (Å²) in [6.45, 7) is 0. The second-order valence-electron chi connectivity index (χ2n) is 7.68. The Morgan fingerprint density at radius 1 is 1.00 bits per heavy atom. The SMILES string of the molecule is O=C1c2cc(I)cc(I)c2CC2C3SC(C12)C1C2CCC(S2)C31. The van der Waals surface area contributed by atoms with Gasteiger partial charge in [-0.1, -0.05) is 0 Å². The van der Waals surface area contributed by atoms with E-state index in [0.717, 1.165) is 39.6 Å². The molecule has 1 aromatic rings. The summed E-state index contributed by atoms with van der Waals surface area (Å²) in [5.41, 5.74) is 2.42. The van der Waals surface area contributed by atoms with Crippen molar-refractivity contribution in [1.29, 1.82) is 0 Å². The number of benzene rings is 1. The minimum Gasteiger partial charge on any atom is -0.294 e. The van der Waals surface area contributed by atoms with Crippen LogP contribution in [0.15, 0.2) is 12.1 Å². The standard InChI is InChI=1S/C18H16I2OS2/c19-6-3-8-7(10(20)4-6)5-9-13(16(8)21)18-15-12-2-1-11(22-12)14(15)17(9)23-18/h3-4,9,11-15,17-18H,1-2,5H2. The summed E-state index contributed by atoms with van der Waals surface area (Å²) >= 11 is 9.31. The molecule has 4 heterocycles. The molecular weight excluding hydrogens is 550 g/mol. The lowest BCUT2D eigenvalue weighted by Gasteiger charge is -2.43. The topological polar surface area (TPSA) is 17.1 Å². The van der Waals surface area contributed by atoms with Crippen LogP contribution in [-0.2, 0) is 6.42 Å². The third-order valence-electron chi connectivity index (χ3n) is 6.87. The maximum atomic E-state index is 13.4. The van der Waals surface area contributed by atoms with Gasteiger partial charge in [0, 0.05) is 39.6 Å². The molecule has 0 spiro atoms. The lowest BCUT2D eigenvalue weighted by Crippen LogP contribution is -2.50. The molecule has 120 valence electrons.